The van der Waals surface area contributed by atoms with E-state index in [1.54, 1.807) is 29.1 Å². The minimum atomic E-state index is -0.281. The molecular weight excluding hydrogens is 266 g/mol. The van der Waals surface area contributed by atoms with Crippen LogP contribution in [0.4, 0.5) is 16.2 Å². The second-order valence-corrected chi connectivity index (χ2v) is 4.91. The van der Waals surface area contributed by atoms with Crippen LogP contribution in [0.15, 0.2) is 42.9 Å². The van der Waals surface area contributed by atoms with Gasteiger partial charge in [-0.3, -0.25) is 4.40 Å². The molecule has 21 heavy (non-hydrogen) atoms. The van der Waals surface area contributed by atoms with E-state index in [2.05, 4.69) is 20.8 Å². The van der Waals surface area contributed by atoms with Gasteiger partial charge in [0, 0.05) is 11.9 Å². The van der Waals surface area contributed by atoms with Crippen molar-refractivity contribution in [1.29, 1.82) is 0 Å². The van der Waals surface area contributed by atoms with Crippen molar-refractivity contribution in [2.45, 2.75) is 13.8 Å². The van der Waals surface area contributed by atoms with E-state index in [4.69, 9.17) is 0 Å². The summed E-state index contributed by atoms with van der Waals surface area (Å²) in [6.07, 6.45) is 3.35. The fraction of sp³-hybridized carbons (Fsp3) is 0.133. The first-order valence-corrected chi connectivity index (χ1v) is 6.56. The standard InChI is InChI=1S/C15H15N5O/c1-10-3-4-11(2)13(7-10)18-15(21)17-12-5-6-14-19-16-9-20(14)8-12/h3-9H,1-2H3,(H2,17,18,21). The molecule has 6 heteroatoms. The number of benzene rings is 1. The van der Waals surface area contributed by atoms with Crippen LogP contribution < -0.4 is 10.6 Å². The minimum absolute atomic E-state index is 0.281. The molecule has 0 aliphatic rings. The second kappa shape index (κ2) is 5.24. The van der Waals surface area contributed by atoms with Crippen LogP contribution in [-0.2, 0) is 0 Å². The molecule has 0 aliphatic heterocycles. The third-order valence-electron chi connectivity index (χ3n) is 3.19. The SMILES string of the molecule is Cc1ccc(C)c(NC(=O)Nc2ccc3nncn3c2)c1. The van der Waals surface area contributed by atoms with E-state index >= 15 is 0 Å². The quantitative estimate of drug-likeness (QED) is 0.758. The minimum Gasteiger partial charge on any atom is -0.307 e. The Morgan fingerprint density at radius 1 is 1.14 bits per heavy atom. The van der Waals surface area contributed by atoms with Crippen molar-refractivity contribution >= 4 is 23.1 Å². The maximum atomic E-state index is 12.1. The van der Waals surface area contributed by atoms with Crippen molar-refractivity contribution in [3.8, 4) is 0 Å². The van der Waals surface area contributed by atoms with Gasteiger partial charge in [-0.05, 0) is 43.2 Å². The number of amides is 2. The van der Waals surface area contributed by atoms with Crippen LogP contribution in [0.25, 0.3) is 5.65 Å². The van der Waals surface area contributed by atoms with E-state index in [-0.39, 0.29) is 6.03 Å². The monoisotopic (exact) mass is 281 g/mol. The zero-order valence-corrected chi connectivity index (χ0v) is 11.8. The summed E-state index contributed by atoms with van der Waals surface area (Å²) in [5.74, 6) is 0. The molecule has 3 rings (SSSR count). The summed E-state index contributed by atoms with van der Waals surface area (Å²) in [7, 11) is 0. The zero-order chi connectivity index (χ0) is 14.8. The van der Waals surface area contributed by atoms with Gasteiger partial charge in [-0.25, -0.2) is 4.79 Å². The summed E-state index contributed by atoms with van der Waals surface area (Å²) >= 11 is 0. The Morgan fingerprint density at radius 3 is 2.86 bits per heavy atom. The first-order chi connectivity index (χ1) is 10.1. The third-order valence-corrected chi connectivity index (χ3v) is 3.19. The summed E-state index contributed by atoms with van der Waals surface area (Å²) in [6, 6.07) is 9.23. The number of aromatic nitrogens is 3. The van der Waals surface area contributed by atoms with Gasteiger partial charge in [0.15, 0.2) is 5.65 Å². The van der Waals surface area contributed by atoms with Gasteiger partial charge >= 0.3 is 6.03 Å². The second-order valence-electron chi connectivity index (χ2n) is 4.91. The average Bonchev–Trinajstić information content (AvgIpc) is 2.90. The Labute approximate surface area is 121 Å². The Kier molecular flexibility index (Phi) is 3.27. The van der Waals surface area contributed by atoms with Crippen LogP contribution in [0.5, 0.6) is 0 Å². The van der Waals surface area contributed by atoms with Crippen molar-refractivity contribution < 1.29 is 4.79 Å². The number of anilines is 2. The number of urea groups is 1. The van der Waals surface area contributed by atoms with Crippen molar-refractivity contribution in [3.63, 3.8) is 0 Å². The Bertz CT molecular complexity index is 809. The summed E-state index contributed by atoms with van der Waals surface area (Å²) in [4.78, 5) is 12.1. The lowest BCUT2D eigenvalue weighted by Crippen LogP contribution is -2.20. The molecule has 0 saturated carbocycles. The average molecular weight is 281 g/mol. The van der Waals surface area contributed by atoms with Crippen molar-refractivity contribution in [2.75, 3.05) is 10.6 Å². The number of fused-ring (bicyclic) bond motifs is 1. The number of pyridine rings is 1. The molecule has 6 nitrogen and oxygen atoms in total. The number of carbonyl (C=O) groups is 1. The number of aryl methyl sites for hydroxylation is 2. The highest BCUT2D eigenvalue weighted by Gasteiger charge is 2.06. The van der Waals surface area contributed by atoms with E-state index in [1.807, 2.05) is 32.0 Å². The molecule has 2 N–H and O–H groups in total. The van der Waals surface area contributed by atoms with Gasteiger partial charge in [0.2, 0.25) is 0 Å². The highest BCUT2D eigenvalue weighted by molar-refractivity contribution is 6.00. The van der Waals surface area contributed by atoms with Crippen molar-refractivity contribution in [3.05, 3.63) is 54.0 Å². The zero-order valence-electron chi connectivity index (χ0n) is 11.8. The van der Waals surface area contributed by atoms with E-state index in [9.17, 15) is 4.79 Å². The first-order valence-electron chi connectivity index (χ1n) is 6.56. The Hall–Kier alpha value is -2.89. The van der Waals surface area contributed by atoms with Crippen LogP contribution in [0.2, 0.25) is 0 Å². The van der Waals surface area contributed by atoms with E-state index in [1.165, 1.54) is 0 Å². The molecule has 0 radical (unpaired) electrons. The third kappa shape index (κ3) is 2.84. The van der Waals surface area contributed by atoms with Crippen LogP contribution in [0.1, 0.15) is 11.1 Å². The number of nitrogens with one attached hydrogen (secondary N) is 2. The van der Waals surface area contributed by atoms with Gasteiger partial charge in [-0.2, -0.15) is 0 Å². The Morgan fingerprint density at radius 2 is 2.00 bits per heavy atom. The maximum absolute atomic E-state index is 12.1. The smallest absolute Gasteiger partial charge is 0.307 e. The summed E-state index contributed by atoms with van der Waals surface area (Å²) < 4.78 is 1.74. The van der Waals surface area contributed by atoms with E-state index < -0.39 is 0 Å². The molecule has 0 fully saturated rings. The van der Waals surface area contributed by atoms with Crippen LogP contribution in [0, 0.1) is 13.8 Å². The molecular formula is C15H15N5O. The molecule has 0 saturated heterocycles. The van der Waals surface area contributed by atoms with Gasteiger partial charge in [-0.1, -0.05) is 12.1 Å². The molecule has 0 unspecified atom stereocenters. The molecule has 0 aliphatic carbocycles. The molecule has 106 valence electrons. The van der Waals surface area contributed by atoms with Crippen molar-refractivity contribution in [2.24, 2.45) is 0 Å². The van der Waals surface area contributed by atoms with E-state index in [0.717, 1.165) is 22.5 Å². The summed E-state index contributed by atoms with van der Waals surface area (Å²) in [5, 5.41) is 13.4. The largest absolute Gasteiger partial charge is 0.323 e. The highest BCUT2D eigenvalue weighted by atomic mass is 16.2. The van der Waals surface area contributed by atoms with Gasteiger partial charge in [-0.15, -0.1) is 10.2 Å². The summed E-state index contributed by atoms with van der Waals surface area (Å²) in [5.41, 5.74) is 4.32. The Balaban J connectivity index is 1.75. The fourth-order valence-corrected chi connectivity index (χ4v) is 2.06. The van der Waals surface area contributed by atoms with Crippen molar-refractivity contribution in [1.82, 2.24) is 14.6 Å². The lowest BCUT2D eigenvalue weighted by Gasteiger charge is -2.10. The topological polar surface area (TPSA) is 71.3 Å². The van der Waals surface area contributed by atoms with Gasteiger partial charge < -0.3 is 10.6 Å². The predicted molar refractivity (Wildman–Crippen MR) is 81.5 cm³/mol. The lowest BCUT2D eigenvalue weighted by atomic mass is 10.1. The molecule has 0 bridgehead atoms. The summed E-state index contributed by atoms with van der Waals surface area (Å²) in [6.45, 7) is 3.95. The normalized spacial score (nSPS) is 10.6. The number of nitrogens with zero attached hydrogens (tertiary/aromatic N) is 3. The number of rotatable bonds is 2. The number of hydrogen-bond donors (Lipinski definition) is 2. The molecule has 2 aromatic heterocycles. The van der Waals surface area contributed by atoms with E-state index in [0.29, 0.717) is 5.69 Å². The highest BCUT2D eigenvalue weighted by Crippen LogP contribution is 2.17. The molecule has 0 spiro atoms. The molecule has 1 aromatic carbocycles. The van der Waals surface area contributed by atoms with Gasteiger partial charge in [0.05, 0.1) is 5.69 Å². The molecule has 0 atom stereocenters. The first kappa shape index (κ1) is 13.1. The number of hydrogen-bond acceptors (Lipinski definition) is 3. The maximum Gasteiger partial charge on any atom is 0.323 e. The van der Waals surface area contributed by atoms with Crippen LogP contribution in [-0.4, -0.2) is 20.6 Å². The lowest BCUT2D eigenvalue weighted by molar-refractivity contribution is 0.262. The molecule has 3 aromatic rings. The predicted octanol–water partition coefficient (Wildman–Crippen LogP) is 2.99. The molecule has 2 heterocycles. The van der Waals surface area contributed by atoms with Gasteiger partial charge in [0.25, 0.3) is 0 Å². The molecule has 2 amide bonds. The van der Waals surface area contributed by atoms with Crippen LogP contribution in [0.3, 0.4) is 0 Å². The number of carbonyl (C=O) groups excluding carboxylic acids is 1. The van der Waals surface area contributed by atoms with Gasteiger partial charge in [0.1, 0.15) is 6.33 Å². The van der Waals surface area contributed by atoms with Crippen LogP contribution >= 0.6 is 0 Å². The fourth-order valence-electron chi connectivity index (χ4n) is 2.06.